The summed E-state index contributed by atoms with van der Waals surface area (Å²) in [5.74, 6) is -0.492. The van der Waals surface area contributed by atoms with Gasteiger partial charge in [-0.05, 0) is 42.2 Å². The SMILES string of the molecule is C=CSC(=NCCN(C)C(=O)NC(CC(=O)N1CCOCC1)C(=O)NC(CCC(Cc1ccccc1)NC(=O)OCc1cncs1)Cc1ccccc1)C(C)C. The van der Waals surface area contributed by atoms with Gasteiger partial charge in [0.15, 0.2) is 0 Å². The molecule has 1 aliphatic heterocycles. The number of ether oxygens (including phenoxy) is 2. The summed E-state index contributed by atoms with van der Waals surface area (Å²) in [5, 5.41) is 11.7. The zero-order chi connectivity index (χ0) is 40.1. The largest absolute Gasteiger partial charge is 0.444 e. The van der Waals surface area contributed by atoms with E-state index in [2.05, 4.69) is 32.5 Å². The number of urea groups is 1. The fraction of sp³-hybridized carbons (Fsp3) is 0.463. The Morgan fingerprint density at radius 2 is 1.61 bits per heavy atom. The summed E-state index contributed by atoms with van der Waals surface area (Å²) >= 11 is 2.87. The summed E-state index contributed by atoms with van der Waals surface area (Å²) in [6.07, 6.45) is 2.97. The third-order valence-corrected chi connectivity index (χ3v) is 10.9. The van der Waals surface area contributed by atoms with Gasteiger partial charge in [-0.1, -0.05) is 92.9 Å². The van der Waals surface area contributed by atoms with Gasteiger partial charge >= 0.3 is 12.1 Å². The lowest BCUT2D eigenvalue weighted by atomic mass is 9.95. The number of carbonyl (C=O) groups excluding carboxylic acids is 4. The van der Waals surface area contributed by atoms with Crippen LogP contribution in [0, 0.1) is 5.92 Å². The first kappa shape index (κ1) is 44.0. The standard InChI is InChI=1S/C41H55N7O6S2/c1-5-55-39(30(2)3)43-18-19-47(4)40(51)46-36(26-37(49)48-20-22-53-23-21-48)38(50)44-33(24-31-12-8-6-9-13-31)16-17-34(25-32-14-10-7-11-15-32)45-41(52)54-28-35-27-42-29-56-35/h5-15,27,29-30,33-34,36H,1,16-26,28H2,2-4H3,(H,44,50)(H,45,52)(H,46,51). The van der Waals surface area contributed by atoms with Crippen LogP contribution in [0.15, 0.2) is 89.4 Å². The molecule has 1 aromatic heterocycles. The topological polar surface area (TPSA) is 155 Å². The maximum absolute atomic E-state index is 14.2. The second kappa shape index (κ2) is 24.0. The Bertz CT molecular complexity index is 1690. The highest BCUT2D eigenvalue weighted by Gasteiger charge is 2.30. The molecule has 0 spiro atoms. The van der Waals surface area contributed by atoms with Gasteiger partial charge in [-0.3, -0.25) is 19.6 Å². The van der Waals surface area contributed by atoms with Crippen molar-refractivity contribution >= 4 is 52.1 Å². The molecule has 0 radical (unpaired) electrons. The van der Waals surface area contributed by atoms with Crippen molar-refractivity contribution in [1.82, 2.24) is 30.7 Å². The van der Waals surface area contributed by atoms with Crippen LogP contribution in [-0.2, 0) is 38.5 Å². The molecular formula is C41H55N7O6S2. The molecule has 1 aliphatic rings. The van der Waals surface area contributed by atoms with E-state index in [1.165, 1.54) is 28.0 Å². The fourth-order valence-corrected chi connectivity index (χ4v) is 7.16. The summed E-state index contributed by atoms with van der Waals surface area (Å²) < 4.78 is 10.9. The number of thiazole rings is 1. The van der Waals surface area contributed by atoms with Crippen molar-refractivity contribution in [1.29, 1.82) is 0 Å². The summed E-state index contributed by atoms with van der Waals surface area (Å²) in [7, 11) is 1.64. The van der Waals surface area contributed by atoms with E-state index in [1.54, 1.807) is 29.1 Å². The average Bonchev–Trinajstić information content (AvgIpc) is 3.73. The molecule has 3 aromatic rings. The molecule has 1 fully saturated rings. The van der Waals surface area contributed by atoms with Gasteiger partial charge in [0.05, 0.1) is 41.6 Å². The maximum atomic E-state index is 14.2. The monoisotopic (exact) mass is 805 g/mol. The van der Waals surface area contributed by atoms with Crippen molar-refractivity contribution in [3.8, 4) is 0 Å². The molecule has 2 heterocycles. The van der Waals surface area contributed by atoms with E-state index in [0.29, 0.717) is 65.1 Å². The Hall–Kier alpha value is -4.73. The minimum atomic E-state index is -1.13. The smallest absolute Gasteiger partial charge is 0.407 e. The van der Waals surface area contributed by atoms with Crippen LogP contribution in [0.2, 0.25) is 0 Å². The minimum absolute atomic E-state index is 0.118. The van der Waals surface area contributed by atoms with E-state index in [0.717, 1.165) is 21.0 Å². The number of benzene rings is 2. The molecule has 3 atom stereocenters. The molecule has 3 N–H and O–H groups in total. The average molecular weight is 806 g/mol. The van der Waals surface area contributed by atoms with Gasteiger partial charge in [-0.2, -0.15) is 0 Å². The molecule has 0 saturated carbocycles. The second-order valence-corrected chi connectivity index (χ2v) is 15.8. The Labute approximate surface area is 338 Å². The van der Waals surface area contributed by atoms with Crippen LogP contribution >= 0.6 is 23.1 Å². The number of thioether (sulfide) groups is 1. The van der Waals surface area contributed by atoms with Crippen LogP contribution in [0.4, 0.5) is 9.59 Å². The highest BCUT2D eigenvalue weighted by Crippen LogP contribution is 2.16. The highest BCUT2D eigenvalue weighted by atomic mass is 32.2. The van der Waals surface area contributed by atoms with Gasteiger partial charge in [0.1, 0.15) is 12.6 Å². The molecule has 0 bridgehead atoms. The van der Waals surface area contributed by atoms with Gasteiger partial charge < -0.3 is 35.2 Å². The molecule has 3 unspecified atom stereocenters. The van der Waals surface area contributed by atoms with Gasteiger partial charge in [0.25, 0.3) is 0 Å². The molecule has 56 heavy (non-hydrogen) atoms. The number of alkyl carbamates (subject to hydrolysis) is 1. The Balaban J connectivity index is 1.49. The van der Waals surface area contributed by atoms with E-state index >= 15 is 0 Å². The van der Waals surface area contributed by atoms with E-state index in [1.807, 2.05) is 74.5 Å². The molecule has 4 rings (SSSR count). The number of likely N-dealkylation sites (N-methyl/N-ethyl adjacent to an activating group) is 1. The number of hydrogen-bond donors (Lipinski definition) is 3. The zero-order valence-electron chi connectivity index (χ0n) is 32.6. The normalized spacial score (nSPS) is 14.6. The zero-order valence-corrected chi connectivity index (χ0v) is 34.2. The first-order valence-electron chi connectivity index (χ1n) is 19.0. The Kier molecular flexibility index (Phi) is 18.9. The highest BCUT2D eigenvalue weighted by molar-refractivity contribution is 8.16. The van der Waals surface area contributed by atoms with Crippen LogP contribution < -0.4 is 16.0 Å². The lowest BCUT2D eigenvalue weighted by molar-refractivity contribution is -0.138. The molecule has 1 saturated heterocycles. The molecule has 302 valence electrons. The predicted octanol–water partition coefficient (Wildman–Crippen LogP) is 5.68. The van der Waals surface area contributed by atoms with E-state index in [9.17, 15) is 19.2 Å². The van der Waals surface area contributed by atoms with Gasteiger partial charge in [-0.15, -0.1) is 11.3 Å². The van der Waals surface area contributed by atoms with Crippen LogP contribution in [0.25, 0.3) is 0 Å². The molecule has 15 heteroatoms. The molecule has 13 nitrogen and oxygen atoms in total. The molecule has 0 aliphatic carbocycles. The van der Waals surface area contributed by atoms with Gasteiger partial charge in [0, 0.05) is 50.9 Å². The van der Waals surface area contributed by atoms with Crippen LogP contribution in [0.1, 0.15) is 49.1 Å². The summed E-state index contributed by atoms with van der Waals surface area (Å²) in [6.45, 7) is 10.3. The van der Waals surface area contributed by atoms with Crippen molar-refractivity contribution < 1.29 is 28.7 Å². The van der Waals surface area contributed by atoms with Crippen LogP contribution in [0.3, 0.4) is 0 Å². The summed E-state index contributed by atoms with van der Waals surface area (Å²) in [5.41, 5.74) is 3.74. The van der Waals surface area contributed by atoms with E-state index in [4.69, 9.17) is 9.47 Å². The number of nitrogens with one attached hydrogen (secondary N) is 3. The van der Waals surface area contributed by atoms with Gasteiger partial charge in [0.2, 0.25) is 11.8 Å². The number of rotatable bonds is 20. The van der Waals surface area contributed by atoms with E-state index < -0.39 is 24.1 Å². The third kappa shape index (κ3) is 15.8. The van der Waals surface area contributed by atoms with Crippen molar-refractivity contribution in [3.05, 3.63) is 100 Å². The number of morpholine rings is 1. The lowest BCUT2D eigenvalue weighted by Crippen LogP contribution is -2.55. The first-order chi connectivity index (χ1) is 27.1. The second-order valence-electron chi connectivity index (χ2n) is 13.8. The van der Waals surface area contributed by atoms with Crippen molar-refractivity contribution in [2.45, 2.75) is 70.7 Å². The van der Waals surface area contributed by atoms with Crippen molar-refractivity contribution in [2.75, 3.05) is 46.4 Å². The number of nitrogens with zero attached hydrogens (tertiary/aromatic N) is 4. The number of aromatic nitrogens is 1. The summed E-state index contributed by atoms with van der Waals surface area (Å²) in [6, 6.07) is 17.3. The van der Waals surface area contributed by atoms with Crippen molar-refractivity contribution in [2.24, 2.45) is 10.9 Å². The number of aliphatic imine (C=N–C) groups is 1. The van der Waals surface area contributed by atoms with Gasteiger partial charge in [-0.25, -0.2) is 9.59 Å². The third-order valence-electron chi connectivity index (χ3n) is 9.12. The van der Waals surface area contributed by atoms with Crippen LogP contribution in [-0.4, -0.2) is 108 Å². The number of hydrogen-bond acceptors (Lipinski definition) is 10. The maximum Gasteiger partial charge on any atom is 0.407 e. The molecule has 2 aromatic carbocycles. The van der Waals surface area contributed by atoms with Crippen LogP contribution in [0.5, 0.6) is 0 Å². The first-order valence-corrected chi connectivity index (χ1v) is 20.7. The van der Waals surface area contributed by atoms with E-state index in [-0.39, 0.29) is 36.9 Å². The molecular weight excluding hydrogens is 751 g/mol. The lowest BCUT2D eigenvalue weighted by Gasteiger charge is -2.30. The quantitative estimate of drug-likeness (QED) is 0.0975. The molecule has 5 amide bonds. The Morgan fingerprint density at radius 1 is 0.982 bits per heavy atom. The minimum Gasteiger partial charge on any atom is -0.444 e. The fourth-order valence-electron chi connectivity index (χ4n) is 6.05. The Morgan fingerprint density at radius 3 is 2.18 bits per heavy atom. The number of amides is 5. The predicted molar refractivity (Wildman–Crippen MR) is 223 cm³/mol. The number of carbonyl (C=O) groups is 4. The summed E-state index contributed by atoms with van der Waals surface area (Å²) in [4.78, 5) is 66.8. The van der Waals surface area contributed by atoms with Crippen molar-refractivity contribution in [3.63, 3.8) is 0 Å².